The zero-order valence-electron chi connectivity index (χ0n) is 11.4. The average Bonchev–Trinajstić information content (AvgIpc) is 2.38. The van der Waals surface area contributed by atoms with Gasteiger partial charge in [-0.25, -0.2) is 0 Å². The topological polar surface area (TPSA) is 24.9 Å². The minimum Gasteiger partial charge on any atom is -0.379 e. The van der Waals surface area contributed by atoms with Crippen molar-refractivity contribution in [3.8, 4) is 0 Å². The summed E-state index contributed by atoms with van der Waals surface area (Å²) >= 11 is 0. The van der Waals surface area contributed by atoms with Crippen molar-refractivity contribution in [1.29, 1.82) is 0 Å². The van der Waals surface area contributed by atoms with Crippen LogP contribution in [0, 0.1) is 13.8 Å². The molecule has 1 N–H and O–H groups in total. The lowest BCUT2D eigenvalue weighted by atomic mass is 9.93. The first kappa shape index (κ1) is 11.3. The Kier molecular flexibility index (Phi) is 2.40. The van der Waals surface area contributed by atoms with Gasteiger partial charge in [-0.2, -0.15) is 0 Å². The van der Waals surface area contributed by atoms with E-state index in [4.69, 9.17) is 0 Å². The van der Waals surface area contributed by atoms with E-state index in [1.807, 2.05) is 6.20 Å². The summed E-state index contributed by atoms with van der Waals surface area (Å²) in [6.07, 6.45) is 1.97. The maximum absolute atomic E-state index is 4.63. The third-order valence-corrected chi connectivity index (χ3v) is 4.14. The maximum atomic E-state index is 4.63. The molecule has 0 unspecified atom stereocenters. The van der Waals surface area contributed by atoms with E-state index < -0.39 is 0 Å². The highest BCUT2D eigenvalue weighted by Crippen LogP contribution is 2.36. The van der Waals surface area contributed by atoms with Gasteiger partial charge in [-0.15, -0.1) is 0 Å². The molecule has 0 saturated carbocycles. The highest BCUT2D eigenvalue weighted by Gasteiger charge is 2.17. The second-order valence-corrected chi connectivity index (χ2v) is 5.21. The van der Waals surface area contributed by atoms with E-state index in [0.29, 0.717) is 0 Å². The molecule has 0 fully saturated rings. The first-order chi connectivity index (χ1) is 8.59. The molecule has 0 bridgehead atoms. The molecule has 0 saturated heterocycles. The van der Waals surface area contributed by atoms with Crippen LogP contribution < -0.4 is 5.32 Å². The number of nitrogens with one attached hydrogen (secondary N) is 1. The smallest absolute Gasteiger partial charge is 0.0942 e. The number of pyridine rings is 1. The Morgan fingerprint density at radius 3 is 2.67 bits per heavy atom. The largest absolute Gasteiger partial charge is 0.379 e. The zero-order chi connectivity index (χ0) is 12.9. The molecule has 2 heterocycles. The van der Waals surface area contributed by atoms with Crippen LogP contribution in [0.3, 0.4) is 0 Å². The molecule has 0 aliphatic carbocycles. The molecular weight excluding hydrogens is 220 g/mol. The van der Waals surface area contributed by atoms with Crippen LogP contribution in [-0.4, -0.2) is 11.5 Å². The van der Waals surface area contributed by atoms with Crippen LogP contribution >= 0.6 is 0 Å². The molecule has 0 amide bonds. The number of aromatic nitrogens is 1. The quantitative estimate of drug-likeness (QED) is 0.748. The minimum absolute atomic E-state index is 0.923. The summed E-state index contributed by atoms with van der Waals surface area (Å²) in [5.74, 6) is 0. The highest BCUT2D eigenvalue weighted by atomic mass is 14.9. The molecule has 3 rings (SSSR count). The molecule has 1 aliphatic rings. The van der Waals surface area contributed by atoms with Gasteiger partial charge in [-0.05, 0) is 44.4 Å². The molecule has 0 atom stereocenters. The van der Waals surface area contributed by atoms with Crippen LogP contribution in [0.4, 0.5) is 5.69 Å². The van der Waals surface area contributed by atoms with Gasteiger partial charge in [0.2, 0.25) is 0 Å². The van der Waals surface area contributed by atoms with Crippen LogP contribution in [0.2, 0.25) is 0 Å². The van der Waals surface area contributed by atoms with Crippen molar-refractivity contribution in [2.75, 3.05) is 11.9 Å². The molecule has 2 nitrogen and oxygen atoms in total. The fourth-order valence-corrected chi connectivity index (χ4v) is 2.57. The fraction of sp³-hybridized carbons (Fsp3) is 0.312. The van der Waals surface area contributed by atoms with Gasteiger partial charge in [0.15, 0.2) is 0 Å². The Morgan fingerprint density at radius 2 is 1.89 bits per heavy atom. The van der Waals surface area contributed by atoms with E-state index in [9.17, 15) is 0 Å². The number of anilines is 1. The predicted molar refractivity (Wildman–Crippen MR) is 78.0 cm³/mol. The van der Waals surface area contributed by atoms with Gasteiger partial charge >= 0.3 is 0 Å². The van der Waals surface area contributed by atoms with E-state index in [0.717, 1.165) is 12.1 Å². The summed E-state index contributed by atoms with van der Waals surface area (Å²) in [4.78, 5) is 4.63. The van der Waals surface area contributed by atoms with Crippen molar-refractivity contribution in [1.82, 2.24) is 4.98 Å². The molecular formula is C16H18N2. The predicted octanol–water partition coefficient (Wildman–Crippen LogP) is 4.07. The Morgan fingerprint density at radius 1 is 1.11 bits per heavy atom. The minimum atomic E-state index is 0.923. The van der Waals surface area contributed by atoms with E-state index in [2.05, 4.69) is 50.1 Å². The Labute approximate surface area is 108 Å². The van der Waals surface area contributed by atoms with Gasteiger partial charge in [-0.3, -0.25) is 4.98 Å². The Bertz CT molecular complexity index is 681. The molecule has 2 heteroatoms. The Hall–Kier alpha value is -1.83. The molecule has 1 aromatic heterocycles. The summed E-state index contributed by atoms with van der Waals surface area (Å²) < 4.78 is 0. The molecule has 1 aromatic carbocycles. The normalized spacial score (nSPS) is 14.7. The van der Waals surface area contributed by atoms with E-state index >= 15 is 0 Å². The first-order valence-corrected chi connectivity index (χ1v) is 6.39. The molecule has 0 radical (unpaired) electrons. The lowest BCUT2D eigenvalue weighted by Crippen LogP contribution is -2.12. The first-order valence-electron chi connectivity index (χ1n) is 6.39. The van der Waals surface area contributed by atoms with Crippen LogP contribution in [0.1, 0.15) is 30.5 Å². The van der Waals surface area contributed by atoms with Crippen molar-refractivity contribution in [3.05, 3.63) is 40.6 Å². The monoisotopic (exact) mass is 238 g/mol. The van der Waals surface area contributed by atoms with Crippen LogP contribution in [0.15, 0.2) is 23.9 Å². The number of fused-ring (bicyclic) bond motifs is 3. The van der Waals surface area contributed by atoms with Gasteiger partial charge in [0.25, 0.3) is 0 Å². The number of rotatable bonds is 0. The second-order valence-electron chi connectivity index (χ2n) is 5.21. The van der Waals surface area contributed by atoms with Crippen molar-refractivity contribution in [2.45, 2.75) is 27.7 Å². The lowest BCUT2D eigenvalue weighted by molar-refractivity contribution is 1.16. The van der Waals surface area contributed by atoms with Gasteiger partial charge in [0.1, 0.15) is 0 Å². The number of hydrogen-bond donors (Lipinski definition) is 1. The van der Waals surface area contributed by atoms with Crippen molar-refractivity contribution in [3.63, 3.8) is 0 Å². The van der Waals surface area contributed by atoms with Crippen LogP contribution in [-0.2, 0) is 0 Å². The van der Waals surface area contributed by atoms with E-state index in [-0.39, 0.29) is 0 Å². The van der Waals surface area contributed by atoms with Crippen molar-refractivity contribution in [2.24, 2.45) is 0 Å². The molecule has 92 valence electrons. The fourth-order valence-electron chi connectivity index (χ4n) is 2.57. The lowest BCUT2D eigenvalue weighted by Gasteiger charge is -2.22. The highest BCUT2D eigenvalue weighted by molar-refractivity contribution is 6.00. The van der Waals surface area contributed by atoms with Gasteiger partial charge in [0, 0.05) is 23.7 Å². The number of nitrogens with zero attached hydrogens (tertiary/aromatic N) is 1. The average molecular weight is 238 g/mol. The summed E-state index contributed by atoms with van der Waals surface area (Å²) in [6.45, 7) is 9.59. The molecule has 18 heavy (non-hydrogen) atoms. The van der Waals surface area contributed by atoms with Crippen LogP contribution in [0.5, 0.6) is 0 Å². The number of hydrogen-bond acceptors (Lipinski definition) is 2. The summed E-state index contributed by atoms with van der Waals surface area (Å²) in [6, 6.07) is 4.42. The summed E-state index contributed by atoms with van der Waals surface area (Å²) in [7, 11) is 0. The maximum Gasteiger partial charge on any atom is 0.0942 e. The van der Waals surface area contributed by atoms with Crippen LogP contribution in [0.25, 0.3) is 16.5 Å². The van der Waals surface area contributed by atoms with Crippen molar-refractivity contribution >= 4 is 22.2 Å². The second kappa shape index (κ2) is 3.84. The number of aryl methyl sites for hydroxylation is 2. The number of allylic oxidation sites excluding steroid dienone is 1. The third-order valence-electron chi connectivity index (χ3n) is 4.14. The van der Waals surface area contributed by atoms with Gasteiger partial charge < -0.3 is 5.32 Å². The summed E-state index contributed by atoms with van der Waals surface area (Å²) in [5.41, 5.74) is 8.95. The van der Waals surface area contributed by atoms with Gasteiger partial charge in [-0.1, -0.05) is 17.7 Å². The molecule has 2 aromatic rings. The number of benzene rings is 1. The van der Waals surface area contributed by atoms with E-state index in [1.54, 1.807) is 0 Å². The standard InChI is InChI=1S/C16H18N2/c1-9-7-17-15-13(11(9)3)5-6-14-12(4)10(2)8-18-16(14)15/h5-7,18H,8H2,1-4H3. The zero-order valence-corrected chi connectivity index (χ0v) is 11.4. The molecule has 1 aliphatic heterocycles. The van der Waals surface area contributed by atoms with E-state index in [1.165, 1.54) is 38.9 Å². The van der Waals surface area contributed by atoms with Crippen molar-refractivity contribution < 1.29 is 0 Å². The Balaban J connectivity index is 2.39. The van der Waals surface area contributed by atoms with Gasteiger partial charge in [0.05, 0.1) is 11.2 Å². The third kappa shape index (κ3) is 1.45. The SMILES string of the molecule is CC1=C(C)c2ccc3c(C)c(C)cnc3c2NC1. The summed E-state index contributed by atoms with van der Waals surface area (Å²) in [5, 5.41) is 4.77. The molecule has 0 spiro atoms.